The molecular weight excluding hydrogens is 288 g/mol. The zero-order valence-electron chi connectivity index (χ0n) is 12.1. The molecule has 1 heterocycles. The van der Waals surface area contributed by atoms with Gasteiger partial charge in [0, 0.05) is 19.8 Å². The largest absolute Gasteiger partial charge is 0.481 e. The van der Waals surface area contributed by atoms with Crippen LogP contribution in [0.2, 0.25) is 0 Å². The molecular formula is C15H20N2O3S. The Labute approximate surface area is 128 Å². The molecule has 0 spiro atoms. The van der Waals surface area contributed by atoms with Crippen LogP contribution in [0.15, 0.2) is 29.4 Å². The molecule has 1 N–H and O–H groups in total. The molecule has 0 saturated heterocycles. The molecule has 21 heavy (non-hydrogen) atoms. The fourth-order valence-electron chi connectivity index (χ4n) is 2.08. The minimum absolute atomic E-state index is 0.0235. The second-order valence-corrected chi connectivity index (χ2v) is 5.63. The number of carboxylic acids is 1. The van der Waals surface area contributed by atoms with Crippen molar-refractivity contribution < 1.29 is 14.6 Å². The summed E-state index contributed by atoms with van der Waals surface area (Å²) < 4.78 is 7.58. The first-order valence-corrected chi connectivity index (χ1v) is 8.08. The fraction of sp³-hybridized carbons (Fsp3) is 0.467. The van der Waals surface area contributed by atoms with Gasteiger partial charge in [-0.1, -0.05) is 30.8 Å². The highest BCUT2D eigenvalue weighted by Crippen LogP contribution is 2.24. The van der Waals surface area contributed by atoms with E-state index in [1.807, 2.05) is 24.3 Å². The Hall–Kier alpha value is -1.53. The summed E-state index contributed by atoms with van der Waals surface area (Å²) in [6.45, 7) is 4.37. The molecule has 1 aromatic heterocycles. The van der Waals surface area contributed by atoms with Crippen molar-refractivity contribution in [3.63, 3.8) is 0 Å². The molecule has 6 heteroatoms. The summed E-state index contributed by atoms with van der Waals surface area (Å²) in [5.74, 6) is -0.805. The molecule has 5 nitrogen and oxygen atoms in total. The minimum Gasteiger partial charge on any atom is -0.481 e. The summed E-state index contributed by atoms with van der Waals surface area (Å²) >= 11 is 1.26. The van der Waals surface area contributed by atoms with E-state index in [4.69, 9.17) is 9.84 Å². The van der Waals surface area contributed by atoms with Crippen molar-refractivity contribution >= 4 is 28.8 Å². The van der Waals surface area contributed by atoms with Gasteiger partial charge in [-0.05, 0) is 25.0 Å². The number of thioether (sulfide) groups is 1. The van der Waals surface area contributed by atoms with E-state index in [0.29, 0.717) is 6.61 Å². The molecule has 1 aromatic carbocycles. The first-order valence-electron chi connectivity index (χ1n) is 7.10. The highest BCUT2D eigenvalue weighted by molar-refractivity contribution is 7.99. The van der Waals surface area contributed by atoms with Crippen LogP contribution in [0.4, 0.5) is 0 Å². The van der Waals surface area contributed by atoms with E-state index in [2.05, 4.69) is 16.5 Å². The molecule has 2 rings (SSSR count). The molecule has 0 aliphatic carbocycles. The van der Waals surface area contributed by atoms with Gasteiger partial charge in [0.15, 0.2) is 5.16 Å². The van der Waals surface area contributed by atoms with Gasteiger partial charge in [0.25, 0.3) is 0 Å². The number of aliphatic carboxylic acids is 1. The fourth-order valence-corrected chi connectivity index (χ4v) is 2.84. The van der Waals surface area contributed by atoms with Crippen LogP contribution in [0, 0.1) is 0 Å². The predicted molar refractivity (Wildman–Crippen MR) is 83.8 cm³/mol. The summed E-state index contributed by atoms with van der Waals surface area (Å²) in [5, 5.41) is 9.59. The number of para-hydroxylation sites is 2. The smallest absolute Gasteiger partial charge is 0.313 e. The molecule has 0 fully saturated rings. The number of rotatable bonds is 9. The Morgan fingerprint density at radius 2 is 2.19 bits per heavy atom. The van der Waals surface area contributed by atoms with E-state index < -0.39 is 5.97 Å². The van der Waals surface area contributed by atoms with Crippen LogP contribution in [0.5, 0.6) is 0 Å². The van der Waals surface area contributed by atoms with E-state index in [9.17, 15) is 4.79 Å². The number of benzene rings is 1. The number of fused-ring (bicyclic) bond motifs is 1. The Balaban J connectivity index is 2.09. The van der Waals surface area contributed by atoms with Crippen molar-refractivity contribution in [3.8, 4) is 0 Å². The number of hydrogen-bond acceptors (Lipinski definition) is 4. The van der Waals surface area contributed by atoms with E-state index in [1.54, 1.807) is 0 Å². The number of carbonyl (C=O) groups is 1. The summed E-state index contributed by atoms with van der Waals surface area (Å²) in [4.78, 5) is 15.3. The molecule has 0 unspecified atom stereocenters. The molecule has 0 aliphatic rings. The first kappa shape index (κ1) is 15.9. The van der Waals surface area contributed by atoms with Gasteiger partial charge in [-0.25, -0.2) is 4.98 Å². The number of aryl methyl sites for hydroxylation is 1. The maximum atomic E-state index is 10.8. The lowest BCUT2D eigenvalue weighted by Crippen LogP contribution is -2.06. The Bertz CT molecular complexity index is 598. The van der Waals surface area contributed by atoms with Crippen molar-refractivity contribution in [1.82, 2.24) is 9.55 Å². The third-order valence-corrected chi connectivity index (χ3v) is 3.92. The van der Waals surface area contributed by atoms with Gasteiger partial charge in [-0.3, -0.25) is 4.79 Å². The standard InChI is InChI=1S/C15H20N2O3S/c1-2-9-20-10-5-8-17-13-7-4-3-6-12(13)16-15(17)21-11-14(18)19/h3-4,6-7H,2,5,8-11H2,1H3,(H,18,19). The van der Waals surface area contributed by atoms with Crippen molar-refractivity contribution in [2.45, 2.75) is 31.5 Å². The summed E-state index contributed by atoms with van der Waals surface area (Å²) in [5.41, 5.74) is 1.95. The van der Waals surface area contributed by atoms with Gasteiger partial charge in [-0.2, -0.15) is 0 Å². The number of aromatic nitrogens is 2. The van der Waals surface area contributed by atoms with Gasteiger partial charge in [-0.15, -0.1) is 0 Å². The summed E-state index contributed by atoms with van der Waals surface area (Å²) in [6, 6.07) is 7.87. The second-order valence-electron chi connectivity index (χ2n) is 4.68. The Morgan fingerprint density at radius 1 is 1.38 bits per heavy atom. The lowest BCUT2D eigenvalue weighted by atomic mass is 10.3. The Kier molecular flexibility index (Phi) is 6.07. The van der Waals surface area contributed by atoms with E-state index in [-0.39, 0.29) is 5.75 Å². The second kappa shape index (κ2) is 8.05. The van der Waals surface area contributed by atoms with Gasteiger partial charge >= 0.3 is 5.97 Å². The van der Waals surface area contributed by atoms with Crippen LogP contribution in [0.3, 0.4) is 0 Å². The number of ether oxygens (including phenoxy) is 1. The van der Waals surface area contributed by atoms with E-state index >= 15 is 0 Å². The normalized spacial score (nSPS) is 11.1. The highest BCUT2D eigenvalue weighted by atomic mass is 32.2. The van der Waals surface area contributed by atoms with Crippen LogP contribution in [-0.4, -0.2) is 39.6 Å². The predicted octanol–water partition coefficient (Wildman–Crippen LogP) is 3.03. The third-order valence-electron chi connectivity index (χ3n) is 2.96. The molecule has 0 saturated carbocycles. The van der Waals surface area contributed by atoms with Crippen molar-refractivity contribution in [2.75, 3.05) is 19.0 Å². The van der Waals surface area contributed by atoms with Crippen molar-refractivity contribution in [3.05, 3.63) is 24.3 Å². The first-order chi connectivity index (χ1) is 10.2. The summed E-state index contributed by atoms with van der Waals surface area (Å²) in [6.07, 6.45) is 1.91. The quantitative estimate of drug-likeness (QED) is 0.570. The summed E-state index contributed by atoms with van der Waals surface area (Å²) in [7, 11) is 0. The molecule has 0 aliphatic heterocycles. The Morgan fingerprint density at radius 3 is 2.95 bits per heavy atom. The number of imidazole rings is 1. The van der Waals surface area contributed by atoms with Crippen LogP contribution in [0.25, 0.3) is 11.0 Å². The minimum atomic E-state index is -0.829. The maximum Gasteiger partial charge on any atom is 0.313 e. The highest BCUT2D eigenvalue weighted by Gasteiger charge is 2.12. The lowest BCUT2D eigenvalue weighted by Gasteiger charge is -2.08. The number of nitrogens with zero attached hydrogens (tertiary/aromatic N) is 2. The molecule has 2 aromatic rings. The van der Waals surface area contributed by atoms with Crippen LogP contribution < -0.4 is 0 Å². The number of hydrogen-bond donors (Lipinski definition) is 1. The molecule has 0 bridgehead atoms. The molecule has 0 atom stereocenters. The lowest BCUT2D eigenvalue weighted by molar-refractivity contribution is -0.133. The monoisotopic (exact) mass is 308 g/mol. The van der Waals surface area contributed by atoms with Gasteiger partial charge < -0.3 is 14.4 Å². The zero-order chi connectivity index (χ0) is 15.1. The number of carboxylic acid groups (broad SMARTS) is 1. The van der Waals surface area contributed by atoms with E-state index in [0.717, 1.165) is 42.2 Å². The van der Waals surface area contributed by atoms with Gasteiger partial charge in [0.2, 0.25) is 0 Å². The molecule has 0 amide bonds. The zero-order valence-corrected chi connectivity index (χ0v) is 12.9. The van der Waals surface area contributed by atoms with Crippen LogP contribution in [0.1, 0.15) is 19.8 Å². The molecule has 114 valence electrons. The van der Waals surface area contributed by atoms with Gasteiger partial charge in [0.1, 0.15) is 0 Å². The van der Waals surface area contributed by atoms with E-state index in [1.165, 1.54) is 11.8 Å². The average Bonchev–Trinajstić information content (AvgIpc) is 2.83. The van der Waals surface area contributed by atoms with Gasteiger partial charge in [0.05, 0.1) is 16.8 Å². The average molecular weight is 308 g/mol. The maximum absolute atomic E-state index is 10.8. The topological polar surface area (TPSA) is 64.3 Å². The third kappa shape index (κ3) is 4.47. The van der Waals surface area contributed by atoms with Crippen molar-refractivity contribution in [1.29, 1.82) is 0 Å². The van der Waals surface area contributed by atoms with Crippen LogP contribution >= 0.6 is 11.8 Å². The molecule has 0 radical (unpaired) electrons. The van der Waals surface area contributed by atoms with Crippen LogP contribution in [-0.2, 0) is 16.1 Å². The van der Waals surface area contributed by atoms with Crippen molar-refractivity contribution in [2.24, 2.45) is 0 Å². The SMILES string of the molecule is CCCOCCCn1c(SCC(=O)O)nc2ccccc21.